The van der Waals surface area contributed by atoms with Gasteiger partial charge >= 0.3 is 11.8 Å². The van der Waals surface area contributed by atoms with Crippen LogP contribution < -0.4 is 20.2 Å². The Morgan fingerprint density at radius 2 is 1.41 bits per heavy atom. The van der Waals surface area contributed by atoms with Gasteiger partial charge in [0.05, 0.1) is 19.9 Å². The Morgan fingerprint density at radius 3 is 1.97 bits per heavy atom. The lowest BCUT2D eigenvalue weighted by Gasteiger charge is -2.11. The minimum Gasteiger partial charge on any atom is -0.497 e. The minimum atomic E-state index is -0.790. The SMILES string of the molecule is COc1ccc(NC(=O)C(=O)NN=C2CCCCCCCCCCC2)c(OC)c1. The summed E-state index contributed by atoms with van der Waals surface area (Å²) < 4.78 is 10.4. The number of ether oxygens (including phenoxy) is 2. The van der Waals surface area contributed by atoms with Crippen LogP contribution >= 0.6 is 0 Å². The van der Waals surface area contributed by atoms with Crippen LogP contribution in [0.5, 0.6) is 11.5 Å². The lowest BCUT2D eigenvalue weighted by atomic mass is 10.00. The zero-order chi connectivity index (χ0) is 20.9. The summed E-state index contributed by atoms with van der Waals surface area (Å²) in [4.78, 5) is 24.4. The predicted molar refractivity (Wildman–Crippen MR) is 115 cm³/mol. The number of carbonyl (C=O) groups is 2. The van der Waals surface area contributed by atoms with Gasteiger partial charge in [0, 0.05) is 11.8 Å². The summed E-state index contributed by atoms with van der Waals surface area (Å²) in [6.45, 7) is 0. The van der Waals surface area contributed by atoms with E-state index in [2.05, 4.69) is 15.8 Å². The van der Waals surface area contributed by atoms with Gasteiger partial charge in [-0.1, -0.05) is 44.9 Å². The summed E-state index contributed by atoms with van der Waals surface area (Å²) in [6, 6.07) is 4.95. The lowest BCUT2D eigenvalue weighted by molar-refractivity contribution is -0.136. The van der Waals surface area contributed by atoms with Gasteiger partial charge in [0.15, 0.2) is 0 Å². The van der Waals surface area contributed by atoms with Crippen molar-refractivity contribution in [3.05, 3.63) is 18.2 Å². The number of benzene rings is 1. The minimum absolute atomic E-state index is 0.395. The van der Waals surface area contributed by atoms with Crippen LogP contribution in [0.15, 0.2) is 23.3 Å². The molecule has 160 valence electrons. The first-order valence-electron chi connectivity index (χ1n) is 10.5. The molecule has 7 heteroatoms. The van der Waals surface area contributed by atoms with E-state index in [1.54, 1.807) is 25.3 Å². The molecule has 1 aliphatic rings. The molecule has 2 rings (SSSR count). The Labute approximate surface area is 173 Å². The smallest absolute Gasteiger partial charge is 0.329 e. The third kappa shape index (κ3) is 8.13. The van der Waals surface area contributed by atoms with Crippen LogP contribution in [0, 0.1) is 0 Å². The van der Waals surface area contributed by atoms with Crippen molar-refractivity contribution in [2.45, 2.75) is 70.6 Å². The van der Waals surface area contributed by atoms with Gasteiger partial charge in [0.1, 0.15) is 11.5 Å². The number of methoxy groups -OCH3 is 2. The van der Waals surface area contributed by atoms with E-state index in [1.807, 2.05) is 0 Å². The first kappa shape index (κ1) is 22.7. The Hall–Kier alpha value is -2.57. The second-order valence-electron chi connectivity index (χ2n) is 7.32. The van der Waals surface area contributed by atoms with E-state index in [1.165, 1.54) is 52.1 Å². The number of nitrogens with zero attached hydrogens (tertiary/aromatic N) is 1. The van der Waals surface area contributed by atoms with Gasteiger partial charge in [-0.25, -0.2) is 5.43 Å². The van der Waals surface area contributed by atoms with Gasteiger partial charge < -0.3 is 14.8 Å². The average molecular weight is 404 g/mol. The van der Waals surface area contributed by atoms with E-state index in [0.29, 0.717) is 17.2 Å². The van der Waals surface area contributed by atoms with Crippen molar-refractivity contribution in [2.24, 2.45) is 5.10 Å². The van der Waals surface area contributed by atoms with Crippen molar-refractivity contribution < 1.29 is 19.1 Å². The van der Waals surface area contributed by atoms with Gasteiger partial charge in [-0.3, -0.25) is 9.59 Å². The van der Waals surface area contributed by atoms with E-state index in [0.717, 1.165) is 31.4 Å². The number of rotatable bonds is 4. The number of hydrogen-bond donors (Lipinski definition) is 2. The standard InChI is InChI=1S/C22H33N3O4/c1-28-18-14-15-19(20(16-18)29-2)23-21(26)22(27)25-24-17-12-10-8-6-4-3-5-7-9-11-13-17/h14-16H,3-13H2,1-2H3,(H,23,26)(H,25,27). The Morgan fingerprint density at radius 1 is 0.828 bits per heavy atom. The van der Waals surface area contributed by atoms with E-state index >= 15 is 0 Å². The summed E-state index contributed by atoms with van der Waals surface area (Å²) in [7, 11) is 3.03. The molecule has 0 aliphatic heterocycles. The highest BCUT2D eigenvalue weighted by atomic mass is 16.5. The van der Waals surface area contributed by atoms with Gasteiger partial charge in [-0.15, -0.1) is 0 Å². The maximum Gasteiger partial charge on any atom is 0.329 e. The Bertz CT molecular complexity index is 689. The molecule has 0 radical (unpaired) electrons. The topological polar surface area (TPSA) is 89.0 Å². The van der Waals surface area contributed by atoms with Crippen molar-refractivity contribution in [3.8, 4) is 11.5 Å². The molecule has 29 heavy (non-hydrogen) atoms. The summed E-state index contributed by atoms with van der Waals surface area (Å²) >= 11 is 0. The molecule has 1 aromatic rings. The van der Waals surface area contributed by atoms with Crippen LogP contribution in [0.25, 0.3) is 0 Å². The van der Waals surface area contributed by atoms with E-state index in [-0.39, 0.29) is 0 Å². The first-order chi connectivity index (χ1) is 14.1. The molecule has 0 saturated heterocycles. The fraction of sp³-hybridized carbons (Fsp3) is 0.591. The van der Waals surface area contributed by atoms with Crippen LogP contribution in [0.2, 0.25) is 0 Å². The fourth-order valence-electron chi connectivity index (χ4n) is 3.39. The molecule has 7 nitrogen and oxygen atoms in total. The van der Waals surface area contributed by atoms with Gasteiger partial charge in [0.2, 0.25) is 0 Å². The monoisotopic (exact) mass is 403 g/mol. The molecule has 0 spiro atoms. The van der Waals surface area contributed by atoms with Crippen LogP contribution in [-0.2, 0) is 9.59 Å². The average Bonchev–Trinajstić information content (AvgIpc) is 2.73. The van der Waals surface area contributed by atoms with Crippen LogP contribution in [0.4, 0.5) is 5.69 Å². The van der Waals surface area contributed by atoms with E-state index in [9.17, 15) is 9.59 Å². The molecular formula is C22H33N3O4. The number of hydrogen-bond acceptors (Lipinski definition) is 5. The fourth-order valence-corrected chi connectivity index (χ4v) is 3.39. The van der Waals surface area contributed by atoms with Crippen LogP contribution in [-0.4, -0.2) is 31.7 Å². The number of carbonyl (C=O) groups excluding carboxylic acids is 2. The van der Waals surface area contributed by atoms with Crippen molar-refractivity contribution in [2.75, 3.05) is 19.5 Å². The molecule has 0 heterocycles. The second kappa shape index (κ2) is 12.8. The molecule has 2 amide bonds. The van der Waals surface area contributed by atoms with E-state index in [4.69, 9.17) is 9.47 Å². The molecule has 0 atom stereocenters. The molecule has 0 aromatic heterocycles. The number of hydrazone groups is 1. The molecule has 0 bridgehead atoms. The summed E-state index contributed by atoms with van der Waals surface area (Å²) in [6.07, 6.45) is 12.7. The van der Waals surface area contributed by atoms with Crippen LogP contribution in [0.3, 0.4) is 0 Å². The van der Waals surface area contributed by atoms with Gasteiger partial charge in [-0.05, 0) is 37.8 Å². The number of amides is 2. The van der Waals surface area contributed by atoms with Gasteiger partial charge in [-0.2, -0.15) is 5.10 Å². The Balaban J connectivity index is 1.92. The quantitative estimate of drug-likeness (QED) is 0.575. The predicted octanol–water partition coefficient (Wildman–Crippen LogP) is 4.42. The largest absolute Gasteiger partial charge is 0.497 e. The number of anilines is 1. The Kier molecular flexibility index (Phi) is 10.0. The number of nitrogens with one attached hydrogen (secondary N) is 2. The highest BCUT2D eigenvalue weighted by molar-refractivity contribution is 6.39. The van der Waals surface area contributed by atoms with Crippen molar-refractivity contribution in [1.29, 1.82) is 0 Å². The lowest BCUT2D eigenvalue weighted by Crippen LogP contribution is -2.33. The highest BCUT2D eigenvalue weighted by Crippen LogP contribution is 2.28. The molecular weight excluding hydrogens is 370 g/mol. The highest BCUT2D eigenvalue weighted by Gasteiger charge is 2.16. The summed E-state index contributed by atoms with van der Waals surface area (Å²) in [5, 5.41) is 6.80. The zero-order valence-electron chi connectivity index (χ0n) is 17.6. The summed E-state index contributed by atoms with van der Waals surface area (Å²) in [5.41, 5.74) is 3.78. The van der Waals surface area contributed by atoms with Crippen molar-refractivity contribution in [3.63, 3.8) is 0 Å². The summed E-state index contributed by atoms with van der Waals surface area (Å²) in [5.74, 6) is -0.568. The zero-order valence-corrected chi connectivity index (χ0v) is 17.6. The molecule has 2 N–H and O–H groups in total. The van der Waals surface area contributed by atoms with Gasteiger partial charge in [0.25, 0.3) is 0 Å². The third-order valence-corrected chi connectivity index (χ3v) is 5.11. The normalized spacial score (nSPS) is 16.0. The third-order valence-electron chi connectivity index (χ3n) is 5.11. The maximum atomic E-state index is 12.2. The molecule has 1 fully saturated rings. The molecule has 1 aromatic carbocycles. The first-order valence-corrected chi connectivity index (χ1v) is 10.5. The van der Waals surface area contributed by atoms with E-state index < -0.39 is 11.8 Å². The molecule has 1 aliphatic carbocycles. The molecule has 1 saturated carbocycles. The van der Waals surface area contributed by atoms with Crippen LogP contribution in [0.1, 0.15) is 70.6 Å². The molecule has 0 unspecified atom stereocenters. The second-order valence-corrected chi connectivity index (χ2v) is 7.32. The van der Waals surface area contributed by atoms with Crippen molar-refractivity contribution in [1.82, 2.24) is 5.43 Å². The van der Waals surface area contributed by atoms with Crippen molar-refractivity contribution >= 4 is 23.2 Å². The maximum absolute atomic E-state index is 12.2.